The summed E-state index contributed by atoms with van der Waals surface area (Å²) in [6.07, 6.45) is 0. The van der Waals surface area contributed by atoms with Crippen molar-refractivity contribution in [1.29, 1.82) is 0 Å². The molecule has 17 heavy (non-hydrogen) atoms. The van der Waals surface area contributed by atoms with Crippen molar-refractivity contribution in [3.05, 3.63) is 28.8 Å². The fraction of sp³-hybridized carbons (Fsp3) is 0.222. The van der Waals surface area contributed by atoms with Crippen LogP contribution in [0.3, 0.4) is 0 Å². The average molecular weight is 278 g/mol. The van der Waals surface area contributed by atoms with Crippen molar-refractivity contribution in [2.75, 3.05) is 10.5 Å². The van der Waals surface area contributed by atoms with E-state index < -0.39 is 10.0 Å². The van der Waals surface area contributed by atoms with Gasteiger partial charge >= 0.3 is 0 Å². The molecule has 1 rings (SSSR count). The molecule has 0 spiro atoms. The lowest BCUT2D eigenvalue weighted by molar-refractivity contribution is 0.318. The SMILES string of the molecule is CCS(=O)(=O)Nc1cc(C(N)=NO)ccc1Cl. The fourth-order valence-electron chi connectivity index (χ4n) is 1.06. The van der Waals surface area contributed by atoms with E-state index in [0.29, 0.717) is 5.56 Å². The molecule has 0 saturated carbocycles. The molecule has 4 N–H and O–H groups in total. The second kappa shape index (κ2) is 5.24. The van der Waals surface area contributed by atoms with Crippen LogP contribution in [0, 0.1) is 0 Å². The molecule has 0 radical (unpaired) electrons. The van der Waals surface area contributed by atoms with Crippen LogP contribution in [0.1, 0.15) is 12.5 Å². The maximum absolute atomic E-state index is 11.4. The highest BCUT2D eigenvalue weighted by atomic mass is 35.5. The third-order valence-corrected chi connectivity index (χ3v) is 3.64. The molecule has 0 unspecified atom stereocenters. The van der Waals surface area contributed by atoms with Crippen LogP contribution in [0.2, 0.25) is 5.02 Å². The Hall–Kier alpha value is -1.47. The monoisotopic (exact) mass is 277 g/mol. The Balaban J connectivity index is 3.16. The van der Waals surface area contributed by atoms with E-state index in [2.05, 4.69) is 9.88 Å². The van der Waals surface area contributed by atoms with Gasteiger partial charge in [0.1, 0.15) is 0 Å². The van der Waals surface area contributed by atoms with Crippen molar-refractivity contribution in [2.45, 2.75) is 6.92 Å². The van der Waals surface area contributed by atoms with Gasteiger partial charge in [-0.15, -0.1) is 0 Å². The number of hydrogen-bond donors (Lipinski definition) is 3. The minimum absolute atomic E-state index is 0.0723. The van der Waals surface area contributed by atoms with Crippen LogP contribution in [0.4, 0.5) is 5.69 Å². The molecule has 0 fully saturated rings. The van der Waals surface area contributed by atoms with Crippen molar-refractivity contribution in [1.82, 2.24) is 0 Å². The largest absolute Gasteiger partial charge is 0.409 e. The number of halogens is 1. The summed E-state index contributed by atoms with van der Waals surface area (Å²) >= 11 is 5.84. The predicted molar refractivity (Wildman–Crippen MR) is 67.0 cm³/mol. The summed E-state index contributed by atoms with van der Waals surface area (Å²) in [4.78, 5) is 0. The zero-order chi connectivity index (χ0) is 13.1. The molecule has 94 valence electrons. The summed E-state index contributed by atoms with van der Waals surface area (Å²) in [6.45, 7) is 1.50. The Kier molecular flexibility index (Phi) is 4.19. The Bertz CT molecular complexity index is 542. The van der Waals surface area contributed by atoms with Gasteiger partial charge in [-0.3, -0.25) is 4.72 Å². The zero-order valence-electron chi connectivity index (χ0n) is 9.01. The molecule has 0 bridgehead atoms. The van der Waals surface area contributed by atoms with Crippen LogP contribution in [0.15, 0.2) is 23.4 Å². The number of benzene rings is 1. The van der Waals surface area contributed by atoms with Gasteiger partial charge in [0.15, 0.2) is 5.84 Å². The van der Waals surface area contributed by atoms with Gasteiger partial charge in [0, 0.05) is 5.56 Å². The van der Waals surface area contributed by atoms with E-state index in [1.165, 1.54) is 25.1 Å². The third-order valence-electron chi connectivity index (χ3n) is 2.02. The normalized spacial score (nSPS) is 12.5. The quantitative estimate of drug-likeness (QED) is 0.333. The Morgan fingerprint density at radius 1 is 1.59 bits per heavy atom. The van der Waals surface area contributed by atoms with Gasteiger partial charge in [0.25, 0.3) is 0 Å². The lowest BCUT2D eigenvalue weighted by atomic mass is 10.2. The first-order chi connectivity index (χ1) is 7.89. The number of sulfonamides is 1. The molecular weight excluding hydrogens is 266 g/mol. The number of nitrogens with one attached hydrogen (secondary N) is 1. The molecule has 0 amide bonds. The Morgan fingerprint density at radius 2 is 2.24 bits per heavy atom. The van der Waals surface area contributed by atoms with Crippen molar-refractivity contribution in [2.24, 2.45) is 10.9 Å². The van der Waals surface area contributed by atoms with E-state index >= 15 is 0 Å². The third kappa shape index (κ3) is 3.50. The van der Waals surface area contributed by atoms with E-state index in [-0.39, 0.29) is 22.3 Å². The standard InChI is InChI=1S/C9H12ClN3O3S/c1-2-17(15,16)13-8-5-6(9(11)12-14)3-4-7(8)10/h3-5,13-14H,2H2,1H3,(H2,11,12). The highest BCUT2D eigenvalue weighted by molar-refractivity contribution is 7.92. The van der Waals surface area contributed by atoms with Gasteiger partial charge in [0.05, 0.1) is 16.5 Å². The van der Waals surface area contributed by atoms with E-state index in [1.807, 2.05) is 0 Å². The lowest BCUT2D eigenvalue weighted by Crippen LogP contribution is -2.17. The van der Waals surface area contributed by atoms with E-state index in [1.54, 1.807) is 0 Å². The lowest BCUT2D eigenvalue weighted by Gasteiger charge is -2.09. The maximum atomic E-state index is 11.4. The van der Waals surface area contributed by atoms with Crippen LogP contribution in [0.5, 0.6) is 0 Å². The first-order valence-electron chi connectivity index (χ1n) is 4.67. The van der Waals surface area contributed by atoms with Crippen LogP contribution in [0.25, 0.3) is 0 Å². The molecule has 1 aromatic carbocycles. The van der Waals surface area contributed by atoms with Crippen molar-refractivity contribution >= 4 is 33.1 Å². The maximum Gasteiger partial charge on any atom is 0.232 e. The van der Waals surface area contributed by atoms with Crippen molar-refractivity contribution < 1.29 is 13.6 Å². The van der Waals surface area contributed by atoms with Crippen LogP contribution >= 0.6 is 11.6 Å². The summed E-state index contributed by atoms with van der Waals surface area (Å²) in [5.41, 5.74) is 5.95. The first kappa shape index (κ1) is 13.6. The molecule has 0 aliphatic rings. The van der Waals surface area contributed by atoms with E-state index in [9.17, 15) is 8.42 Å². The average Bonchev–Trinajstić information content (AvgIpc) is 2.30. The number of nitrogens with zero attached hydrogens (tertiary/aromatic N) is 1. The highest BCUT2D eigenvalue weighted by Gasteiger charge is 2.11. The summed E-state index contributed by atoms with van der Waals surface area (Å²) in [5, 5.41) is 11.6. The van der Waals surface area contributed by atoms with E-state index in [4.69, 9.17) is 22.5 Å². The molecule has 0 heterocycles. The highest BCUT2D eigenvalue weighted by Crippen LogP contribution is 2.24. The molecule has 0 aliphatic heterocycles. The fourth-order valence-corrected chi connectivity index (χ4v) is 1.93. The number of hydrogen-bond acceptors (Lipinski definition) is 4. The van der Waals surface area contributed by atoms with Gasteiger partial charge in [-0.2, -0.15) is 0 Å². The molecule has 6 nitrogen and oxygen atoms in total. The van der Waals surface area contributed by atoms with Gasteiger partial charge < -0.3 is 10.9 Å². The Labute approximate surface area is 104 Å². The van der Waals surface area contributed by atoms with Crippen LogP contribution in [-0.4, -0.2) is 25.2 Å². The number of rotatable bonds is 4. The molecule has 0 aromatic heterocycles. The number of oxime groups is 1. The topological polar surface area (TPSA) is 105 Å². The number of anilines is 1. The molecular formula is C9H12ClN3O3S. The molecule has 0 saturated heterocycles. The van der Waals surface area contributed by atoms with Crippen molar-refractivity contribution in [3.63, 3.8) is 0 Å². The Morgan fingerprint density at radius 3 is 2.76 bits per heavy atom. The molecule has 0 aliphatic carbocycles. The summed E-state index contributed by atoms with van der Waals surface area (Å²) in [6, 6.07) is 4.37. The smallest absolute Gasteiger partial charge is 0.232 e. The van der Waals surface area contributed by atoms with Gasteiger partial charge in [-0.1, -0.05) is 16.8 Å². The molecule has 0 atom stereocenters. The van der Waals surface area contributed by atoms with Gasteiger partial charge in [-0.05, 0) is 25.1 Å². The van der Waals surface area contributed by atoms with Crippen LogP contribution < -0.4 is 10.5 Å². The number of nitrogens with two attached hydrogens (primary N) is 1. The first-order valence-corrected chi connectivity index (χ1v) is 6.70. The molecule has 8 heteroatoms. The van der Waals surface area contributed by atoms with Crippen molar-refractivity contribution in [3.8, 4) is 0 Å². The minimum Gasteiger partial charge on any atom is -0.409 e. The minimum atomic E-state index is -3.42. The second-order valence-electron chi connectivity index (χ2n) is 3.19. The molecule has 1 aromatic rings. The number of amidine groups is 1. The summed E-state index contributed by atoms with van der Waals surface area (Å²) in [7, 11) is -3.42. The van der Waals surface area contributed by atoms with Gasteiger partial charge in [0.2, 0.25) is 10.0 Å². The van der Waals surface area contributed by atoms with Gasteiger partial charge in [-0.25, -0.2) is 8.42 Å². The summed E-state index contributed by atoms with van der Waals surface area (Å²) in [5.74, 6) is -0.199. The zero-order valence-corrected chi connectivity index (χ0v) is 10.6. The van der Waals surface area contributed by atoms with E-state index in [0.717, 1.165) is 0 Å². The second-order valence-corrected chi connectivity index (χ2v) is 5.60. The predicted octanol–water partition coefficient (Wildman–Crippen LogP) is 1.20. The van der Waals surface area contributed by atoms with Crippen LogP contribution in [-0.2, 0) is 10.0 Å². The summed E-state index contributed by atoms with van der Waals surface area (Å²) < 4.78 is 25.1.